The van der Waals surface area contributed by atoms with Crippen LogP contribution in [0.3, 0.4) is 0 Å². The molecule has 0 radical (unpaired) electrons. The molecule has 0 heterocycles. The third kappa shape index (κ3) is 7.18. The van der Waals surface area contributed by atoms with Crippen LogP contribution in [0.4, 0.5) is 10.1 Å². The summed E-state index contributed by atoms with van der Waals surface area (Å²) in [6.45, 7) is 1.82. The van der Waals surface area contributed by atoms with E-state index in [0.29, 0.717) is 0 Å². The number of primary amides is 1. The van der Waals surface area contributed by atoms with Crippen molar-refractivity contribution < 1.29 is 23.7 Å². The number of amides is 3. The van der Waals surface area contributed by atoms with Crippen molar-refractivity contribution in [1.82, 2.24) is 10.6 Å². The van der Waals surface area contributed by atoms with E-state index in [1.165, 1.54) is 6.07 Å². The van der Waals surface area contributed by atoms with Crippen molar-refractivity contribution in [2.75, 3.05) is 0 Å². The normalized spacial score (nSPS) is 12.5. The molecule has 31 heavy (non-hydrogen) atoms. The maximum absolute atomic E-state index is 13.5. The zero-order chi connectivity index (χ0) is 23.0. The third-order valence-corrected chi connectivity index (χ3v) is 4.58. The number of nitrogens with two attached hydrogens (primary N) is 1. The zero-order valence-corrected chi connectivity index (χ0v) is 16.8. The molecule has 3 amide bonds. The number of hydrogen-bond acceptors (Lipinski definition) is 5. The van der Waals surface area contributed by atoms with Crippen molar-refractivity contribution in [3.05, 3.63) is 75.6 Å². The molecule has 0 aromatic heterocycles. The van der Waals surface area contributed by atoms with E-state index in [1.807, 2.05) is 37.3 Å². The van der Waals surface area contributed by atoms with Crippen LogP contribution in [-0.4, -0.2) is 28.7 Å². The Balaban J connectivity index is 1.89. The first-order valence-electron chi connectivity index (χ1n) is 9.53. The van der Waals surface area contributed by atoms with E-state index in [-0.39, 0.29) is 36.8 Å². The smallest absolute Gasteiger partial charge is 0.305 e. The summed E-state index contributed by atoms with van der Waals surface area (Å²) in [5.41, 5.74) is 5.74. The summed E-state index contributed by atoms with van der Waals surface area (Å²) in [6.07, 6.45) is -0.434. The fraction of sp³-hybridized carbons (Fsp3) is 0.286. The second-order valence-electron chi connectivity index (χ2n) is 6.97. The molecule has 2 aromatic carbocycles. The molecule has 2 rings (SSSR count). The molecule has 0 saturated carbocycles. The summed E-state index contributed by atoms with van der Waals surface area (Å²) < 4.78 is 13.5. The minimum Gasteiger partial charge on any atom is -0.368 e. The molecule has 0 aliphatic carbocycles. The van der Waals surface area contributed by atoms with Crippen molar-refractivity contribution in [3.63, 3.8) is 0 Å². The minimum absolute atomic E-state index is 0.101. The maximum atomic E-state index is 13.5. The van der Waals surface area contributed by atoms with Gasteiger partial charge in [-0.15, -0.1) is 0 Å². The van der Waals surface area contributed by atoms with Gasteiger partial charge < -0.3 is 16.4 Å². The number of benzene rings is 2. The first-order chi connectivity index (χ1) is 14.7. The monoisotopic (exact) mass is 430 g/mol. The van der Waals surface area contributed by atoms with Gasteiger partial charge in [0.05, 0.1) is 11.0 Å². The molecule has 0 saturated heterocycles. The topological polar surface area (TPSA) is 144 Å². The van der Waals surface area contributed by atoms with Crippen molar-refractivity contribution in [1.29, 1.82) is 0 Å². The molecule has 2 atom stereocenters. The van der Waals surface area contributed by atoms with Gasteiger partial charge in [-0.25, -0.2) is 0 Å². The van der Waals surface area contributed by atoms with Gasteiger partial charge in [-0.05, 0) is 24.1 Å². The Morgan fingerprint density at radius 2 is 1.68 bits per heavy atom. The van der Waals surface area contributed by atoms with Gasteiger partial charge in [-0.1, -0.05) is 36.4 Å². The fourth-order valence-corrected chi connectivity index (χ4v) is 2.92. The van der Waals surface area contributed by atoms with Crippen LogP contribution in [-0.2, 0) is 20.8 Å². The van der Waals surface area contributed by atoms with Gasteiger partial charge in [0, 0.05) is 25.3 Å². The Bertz CT molecular complexity index is 967. The molecule has 0 fully saturated rings. The van der Waals surface area contributed by atoms with E-state index < -0.39 is 34.3 Å². The second-order valence-corrected chi connectivity index (χ2v) is 6.97. The molecule has 2 aromatic rings. The van der Waals surface area contributed by atoms with Crippen LogP contribution >= 0.6 is 0 Å². The molecular formula is C21H23FN4O5. The second kappa shape index (κ2) is 10.8. The standard InChI is InChI=1S/C21H23FN4O5/c1-13(15-5-3-2-4-6-15)24-19(27)9-10-20(28)25-17(21(23)29)11-14-7-8-16(22)18(12-14)26(30)31/h2-8,12-13,17H,9-11H2,1H3,(H2,23,29)(H,24,27)(H,25,28)/t13-,17-/m1/s1. The summed E-state index contributed by atoms with van der Waals surface area (Å²) in [5, 5.41) is 16.0. The lowest BCUT2D eigenvalue weighted by Gasteiger charge is -2.16. The molecule has 0 unspecified atom stereocenters. The summed E-state index contributed by atoms with van der Waals surface area (Å²) >= 11 is 0. The number of rotatable bonds is 10. The number of nitro benzene ring substituents is 1. The Kier molecular flexibility index (Phi) is 8.18. The van der Waals surface area contributed by atoms with Gasteiger partial charge >= 0.3 is 5.69 Å². The van der Waals surface area contributed by atoms with Crippen LogP contribution in [0.15, 0.2) is 48.5 Å². The lowest BCUT2D eigenvalue weighted by atomic mass is 10.0. The van der Waals surface area contributed by atoms with Crippen molar-refractivity contribution in [2.24, 2.45) is 5.73 Å². The average molecular weight is 430 g/mol. The number of carbonyl (C=O) groups is 3. The summed E-state index contributed by atoms with van der Waals surface area (Å²) in [7, 11) is 0. The molecule has 4 N–H and O–H groups in total. The van der Waals surface area contributed by atoms with Crippen molar-refractivity contribution in [2.45, 2.75) is 38.3 Å². The van der Waals surface area contributed by atoms with Gasteiger partial charge in [0.2, 0.25) is 23.5 Å². The van der Waals surface area contributed by atoms with Gasteiger partial charge in [0.25, 0.3) is 0 Å². The predicted molar refractivity (Wildman–Crippen MR) is 110 cm³/mol. The first-order valence-corrected chi connectivity index (χ1v) is 9.53. The minimum atomic E-state index is -1.16. The lowest BCUT2D eigenvalue weighted by Crippen LogP contribution is -2.46. The van der Waals surface area contributed by atoms with Crippen molar-refractivity contribution in [3.8, 4) is 0 Å². The molecule has 10 heteroatoms. The van der Waals surface area contributed by atoms with E-state index in [9.17, 15) is 28.9 Å². The third-order valence-electron chi connectivity index (χ3n) is 4.58. The predicted octanol–water partition coefficient (Wildman–Crippen LogP) is 1.90. The molecular weight excluding hydrogens is 407 g/mol. The number of nitrogens with zero attached hydrogens (tertiary/aromatic N) is 1. The van der Waals surface area contributed by atoms with Gasteiger partial charge in [0.15, 0.2) is 0 Å². The molecule has 164 valence electrons. The number of hydrogen-bond donors (Lipinski definition) is 3. The van der Waals surface area contributed by atoms with E-state index >= 15 is 0 Å². The highest BCUT2D eigenvalue weighted by Gasteiger charge is 2.22. The summed E-state index contributed by atoms with van der Waals surface area (Å²) in [5.74, 6) is -2.79. The van der Waals surface area contributed by atoms with Crippen LogP contribution in [0.2, 0.25) is 0 Å². The summed E-state index contributed by atoms with van der Waals surface area (Å²) in [6, 6.07) is 11.1. The van der Waals surface area contributed by atoms with Crippen LogP contribution in [0, 0.1) is 15.9 Å². The van der Waals surface area contributed by atoms with Crippen LogP contribution in [0.5, 0.6) is 0 Å². The molecule has 0 spiro atoms. The lowest BCUT2D eigenvalue weighted by molar-refractivity contribution is -0.387. The van der Waals surface area contributed by atoms with Crippen LogP contribution < -0.4 is 16.4 Å². The molecule has 0 bridgehead atoms. The van der Waals surface area contributed by atoms with Gasteiger partial charge in [-0.2, -0.15) is 4.39 Å². The van der Waals surface area contributed by atoms with Gasteiger partial charge in [0.1, 0.15) is 6.04 Å². The van der Waals surface area contributed by atoms with E-state index in [4.69, 9.17) is 5.73 Å². The largest absolute Gasteiger partial charge is 0.368 e. The first kappa shape index (κ1) is 23.5. The van der Waals surface area contributed by atoms with Crippen molar-refractivity contribution >= 4 is 23.4 Å². The van der Waals surface area contributed by atoms with E-state index in [1.54, 1.807) is 0 Å². The Morgan fingerprint density at radius 1 is 1.06 bits per heavy atom. The highest BCUT2D eigenvalue weighted by molar-refractivity contribution is 5.88. The van der Waals surface area contributed by atoms with Crippen LogP contribution in [0.1, 0.15) is 36.9 Å². The van der Waals surface area contributed by atoms with E-state index in [0.717, 1.165) is 17.7 Å². The molecule has 9 nitrogen and oxygen atoms in total. The maximum Gasteiger partial charge on any atom is 0.305 e. The Morgan fingerprint density at radius 3 is 2.26 bits per heavy atom. The van der Waals surface area contributed by atoms with E-state index in [2.05, 4.69) is 10.6 Å². The SMILES string of the molecule is C[C@@H](NC(=O)CCC(=O)N[C@H](Cc1ccc(F)c([N+](=O)[O-])c1)C(N)=O)c1ccccc1. The van der Waals surface area contributed by atoms with Crippen LogP contribution in [0.25, 0.3) is 0 Å². The molecule has 0 aliphatic heterocycles. The number of nitrogens with one attached hydrogen (secondary N) is 2. The Hall–Kier alpha value is -3.82. The Labute approximate surface area is 178 Å². The highest BCUT2D eigenvalue weighted by Crippen LogP contribution is 2.19. The summed E-state index contributed by atoms with van der Waals surface area (Å²) in [4.78, 5) is 45.9. The van der Waals surface area contributed by atoms with Gasteiger partial charge in [-0.3, -0.25) is 24.5 Å². The highest BCUT2D eigenvalue weighted by atomic mass is 19.1. The quantitative estimate of drug-likeness (QED) is 0.389. The average Bonchev–Trinajstić information content (AvgIpc) is 2.73. The number of nitro groups is 1. The zero-order valence-electron chi connectivity index (χ0n) is 16.8. The number of halogens is 1. The fourth-order valence-electron chi connectivity index (χ4n) is 2.92. The molecule has 0 aliphatic rings. The number of carbonyl (C=O) groups excluding carboxylic acids is 3.